The molecule has 0 bridgehead atoms. The molecule has 2 aromatic rings. The smallest absolute Gasteiger partial charge is 0.323 e. The van der Waals surface area contributed by atoms with E-state index >= 15 is 0 Å². The zero-order valence-electron chi connectivity index (χ0n) is 11.5. The number of urea groups is 1. The summed E-state index contributed by atoms with van der Waals surface area (Å²) in [5.41, 5.74) is 1.92. The molecule has 110 valence electrons. The second kappa shape index (κ2) is 6.45. The van der Waals surface area contributed by atoms with E-state index in [2.05, 4.69) is 10.6 Å². The average Bonchev–Trinajstić information content (AvgIpc) is 2.45. The highest BCUT2D eigenvalue weighted by Gasteiger charge is 2.07. The van der Waals surface area contributed by atoms with Gasteiger partial charge in [-0.2, -0.15) is 0 Å². The molecule has 4 nitrogen and oxygen atoms in total. The SMILES string of the molecule is COc1ccc(NC(=O)Nc2ccc(F)c(Cl)c2)c(C)c1. The molecule has 0 saturated heterocycles. The summed E-state index contributed by atoms with van der Waals surface area (Å²) in [6.45, 7) is 1.85. The molecule has 0 unspecified atom stereocenters. The minimum absolute atomic E-state index is 0.0478. The van der Waals surface area contributed by atoms with Crippen LogP contribution in [-0.2, 0) is 0 Å². The van der Waals surface area contributed by atoms with E-state index in [0.29, 0.717) is 17.1 Å². The van der Waals surface area contributed by atoms with Crippen molar-refractivity contribution in [1.29, 1.82) is 0 Å². The van der Waals surface area contributed by atoms with Crippen LogP contribution < -0.4 is 15.4 Å². The second-order valence-electron chi connectivity index (χ2n) is 4.39. The molecule has 21 heavy (non-hydrogen) atoms. The van der Waals surface area contributed by atoms with Crippen LogP contribution >= 0.6 is 11.6 Å². The van der Waals surface area contributed by atoms with Gasteiger partial charge < -0.3 is 15.4 Å². The summed E-state index contributed by atoms with van der Waals surface area (Å²) in [6, 6.07) is 8.83. The summed E-state index contributed by atoms with van der Waals surface area (Å²) in [7, 11) is 1.58. The first kappa shape index (κ1) is 15.1. The van der Waals surface area contributed by atoms with Crippen LogP contribution in [0.15, 0.2) is 36.4 Å². The van der Waals surface area contributed by atoms with Gasteiger partial charge >= 0.3 is 6.03 Å². The number of methoxy groups -OCH3 is 1. The maximum Gasteiger partial charge on any atom is 0.323 e. The molecule has 2 N–H and O–H groups in total. The van der Waals surface area contributed by atoms with Crippen LogP contribution in [0.2, 0.25) is 5.02 Å². The van der Waals surface area contributed by atoms with Crippen molar-refractivity contribution in [3.8, 4) is 5.75 Å². The first-order chi connectivity index (χ1) is 9.99. The Bertz CT molecular complexity index is 677. The molecule has 0 aliphatic carbocycles. The predicted molar refractivity (Wildman–Crippen MR) is 81.8 cm³/mol. The number of benzene rings is 2. The first-order valence-electron chi connectivity index (χ1n) is 6.17. The number of ether oxygens (including phenoxy) is 1. The van der Waals surface area contributed by atoms with Gasteiger partial charge in [0.1, 0.15) is 11.6 Å². The highest BCUT2D eigenvalue weighted by Crippen LogP contribution is 2.22. The number of hydrogen-bond donors (Lipinski definition) is 2. The van der Waals surface area contributed by atoms with Gasteiger partial charge in [-0.3, -0.25) is 0 Å². The molecule has 0 spiro atoms. The molecule has 0 aliphatic rings. The minimum Gasteiger partial charge on any atom is -0.497 e. The van der Waals surface area contributed by atoms with Crippen molar-refractivity contribution in [3.63, 3.8) is 0 Å². The summed E-state index contributed by atoms with van der Waals surface area (Å²) in [5.74, 6) is 0.178. The molecule has 0 saturated carbocycles. The van der Waals surface area contributed by atoms with E-state index in [1.54, 1.807) is 19.2 Å². The number of amides is 2. The number of carbonyl (C=O) groups excluding carboxylic acids is 1. The number of rotatable bonds is 3. The van der Waals surface area contributed by atoms with E-state index in [-0.39, 0.29) is 5.02 Å². The van der Waals surface area contributed by atoms with Crippen molar-refractivity contribution in [2.45, 2.75) is 6.92 Å². The molecule has 0 aromatic heterocycles. The molecular formula is C15H14ClFN2O2. The first-order valence-corrected chi connectivity index (χ1v) is 6.55. The van der Waals surface area contributed by atoms with E-state index in [0.717, 1.165) is 5.56 Å². The van der Waals surface area contributed by atoms with Crippen LogP contribution in [0.5, 0.6) is 5.75 Å². The number of hydrogen-bond acceptors (Lipinski definition) is 2. The van der Waals surface area contributed by atoms with Gasteiger partial charge in [0.05, 0.1) is 12.1 Å². The lowest BCUT2D eigenvalue weighted by atomic mass is 10.2. The van der Waals surface area contributed by atoms with Gasteiger partial charge in [-0.1, -0.05) is 11.6 Å². The second-order valence-corrected chi connectivity index (χ2v) is 4.80. The lowest BCUT2D eigenvalue weighted by Gasteiger charge is -2.11. The van der Waals surface area contributed by atoms with Gasteiger partial charge in [-0.25, -0.2) is 9.18 Å². The molecule has 0 radical (unpaired) electrons. The third-order valence-corrected chi connectivity index (χ3v) is 3.15. The van der Waals surface area contributed by atoms with Gasteiger partial charge in [0.15, 0.2) is 0 Å². The summed E-state index contributed by atoms with van der Waals surface area (Å²) in [6.07, 6.45) is 0. The molecule has 0 heterocycles. The van der Waals surface area contributed by atoms with Crippen LogP contribution in [0, 0.1) is 12.7 Å². The minimum atomic E-state index is -0.534. The van der Waals surface area contributed by atoms with Crippen LogP contribution in [0.4, 0.5) is 20.6 Å². The Labute approximate surface area is 126 Å². The lowest BCUT2D eigenvalue weighted by molar-refractivity contribution is 0.262. The van der Waals surface area contributed by atoms with Gasteiger partial charge in [0.25, 0.3) is 0 Å². The van der Waals surface area contributed by atoms with Crippen molar-refractivity contribution in [3.05, 3.63) is 52.8 Å². The summed E-state index contributed by atoms with van der Waals surface area (Å²) >= 11 is 5.66. The Morgan fingerprint density at radius 1 is 1.19 bits per heavy atom. The number of aryl methyl sites for hydroxylation is 1. The Morgan fingerprint density at radius 3 is 2.57 bits per heavy atom. The zero-order chi connectivity index (χ0) is 15.4. The quantitative estimate of drug-likeness (QED) is 0.880. The number of halogens is 2. The number of anilines is 2. The Hall–Kier alpha value is -2.27. The van der Waals surface area contributed by atoms with E-state index in [1.807, 2.05) is 13.0 Å². The summed E-state index contributed by atoms with van der Waals surface area (Å²) in [4.78, 5) is 11.9. The van der Waals surface area contributed by atoms with Crippen molar-refractivity contribution in [2.75, 3.05) is 17.7 Å². The molecule has 2 amide bonds. The normalized spacial score (nSPS) is 10.1. The van der Waals surface area contributed by atoms with Gasteiger partial charge in [0.2, 0.25) is 0 Å². The Kier molecular flexibility index (Phi) is 4.65. The number of carbonyl (C=O) groups is 1. The number of nitrogens with one attached hydrogen (secondary N) is 2. The fraction of sp³-hybridized carbons (Fsp3) is 0.133. The molecule has 0 aliphatic heterocycles. The predicted octanol–water partition coefficient (Wildman–Crippen LogP) is 4.44. The molecular weight excluding hydrogens is 295 g/mol. The largest absolute Gasteiger partial charge is 0.497 e. The van der Waals surface area contributed by atoms with Crippen LogP contribution in [-0.4, -0.2) is 13.1 Å². The standard InChI is InChI=1S/C15H14ClFN2O2/c1-9-7-11(21-2)4-6-14(9)19-15(20)18-10-3-5-13(17)12(16)8-10/h3-8H,1-2H3,(H2,18,19,20). The fourth-order valence-electron chi connectivity index (χ4n) is 1.76. The summed E-state index contributed by atoms with van der Waals surface area (Å²) < 4.78 is 18.1. The maximum absolute atomic E-state index is 13.0. The van der Waals surface area contributed by atoms with Crippen LogP contribution in [0.25, 0.3) is 0 Å². The van der Waals surface area contributed by atoms with Gasteiger partial charge in [-0.15, -0.1) is 0 Å². The highest BCUT2D eigenvalue weighted by atomic mass is 35.5. The topological polar surface area (TPSA) is 50.4 Å². The fourth-order valence-corrected chi connectivity index (χ4v) is 1.94. The van der Waals surface area contributed by atoms with Crippen LogP contribution in [0.1, 0.15) is 5.56 Å². The highest BCUT2D eigenvalue weighted by molar-refractivity contribution is 6.31. The monoisotopic (exact) mass is 308 g/mol. The van der Waals surface area contributed by atoms with Crippen molar-refractivity contribution in [2.24, 2.45) is 0 Å². The third kappa shape index (κ3) is 3.86. The Balaban J connectivity index is 2.06. The van der Waals surface area contributed by atoms with Crippen LogP contribution in [0.3, 0.4) is 0 Å². The molecule has 6 heteroatoms. The maximum atomic E-state index is 13.0. The third-order valence-electron chi connectivity index (χ3n) is 2.86. The molecule has 0 fully saturated rings. The van der Waals surface area contributed by atoms with E-state index in [9.17, 15) is 9.18 Å². The molecule has 2 aromatic carbocycles. The summed E-state index contributed by atoms with van der Waals surface area (Å²) in [5, 5.41) is 5.24. The van der Waals surface area contributed by atoms with E-state index < -0.39 is 11.8 Å². The lowest BCUT2D eigenvalue weighted by Crippen LogP contribution is -2.20. The van der Waals surface area contributed by atoms with E-state index in [1.165, 1.54) is 18.2 Å². The van der Waals surface area contributed by atoms with Gasteiger partial charge in [0, 0.05) is 11.4 Å². The molecule has 2 rings (SSSR count). The van der Waals surface area contributed by atoms with Crippen molar-refractivity contribution in [1.82, 2.24) is 0 Å². The molecule has 0 atom stereocenters. The van der Waals surface area contributed by atoms with Crippen molar-refractivity contribution >= 4 is 29.0 Å². The average molecular weight is 309 g/mol. The van der Waals surface area contributed by atoms with E-state index in [4.69, 9.17) is 16.3 Å². The Morgan fingerprint density at radius 2 is 1.95 bits per heavy atom. The van der Waals surface area contributed by atoms with Crippen molar-refractivity contribution < 1.29 is 13.9 Å². The zero-order valence-corrected chi connectivity index (χ0v) is 12.3. The van der Waals surface area contributed by atoms with Gasteiger partial charge in [-0.05, 0) is 48.9 Å².